The number of nitrogens with zero attached hydrogens (tertiary/aromatic N) is 1. The molecule has 0 radical (unpaired) electrons. The Labute approximate surface area is 161 Å². The van der Waals surface area contributed by atoms with Gasteiger partial charge in [-0.2, -0.15) is 5.10 Å². The fourth-order valence-corrected chi connectivity index (χ4v) is 2.81. The quantitative estimate of drug-likeness (QED) is 0.311. The second kappa shape index (κ2) is 7.84. The van der Waals surface area contributed by atoms with Gasteiger partial charge >= 0.3 is 5.97 Å². The highest BCUT2D eigenvalue weighted by Gasteiger charge is 2.10. The van der Waals surface area contributed by atoms with E-state index in [2.05, 4.69) is 15.8 Å². The van der Waals surface area contributed by atoms with Crippen LogP contribution in [0.25, 0.3) is 10.8 Å². The molecule has 4 N–H and O–H groups in total. The van der Waals surface area contributed by atoms with Gasteiger partial charge in [0.1, 0.15) is 5.75 Å². The monoisotopic (exact) mass is 379 g/mol. The molecule has 3 rings (SSSR count). The topological polar surface area (TPSA) is 94.0 Å². The molecule has 0 aliphatic heterocycles. The van der Waals surface area contributed by atoms with Crippen molar-refractivity contribution in [2.75, 3.05) is 5.32 Å². The van der Waals surface area contributed by atoms with Crippen LogP contribution in [-0.2, 0) is 0 Å². The van der Waals surface area contributed by atoms with Crippen molar-refractivity contribution in [1.29, 1.82) is 0 Å². The van der Waals surface area contributed by atoms with Crippen LogP contribution < -0.4 is 10.7 Å². The minimum Gasteiger partial charge on any atom is -0.507 e. The first-order valence-corrected chi connectivity index (χ1v) is 8.52. The van der Waals surface area contributed by atoms with Gasteiger partial charge in [0.25, 0.3) is 0 Å². The number of phenols is 1. The van der Waals surface area contributed by atoms with Crippen LogP contribution in [0.15, 0.2) is 65.8 Å². The van der Waals surface area contributed by atoms with Gasteiger partial charge in [-0.1, -0.05) is 36.4 Å². The van der Waals surface area contributed by atoms with Crippen molar-refractivity contribution >= 4 is 45.5 Å². The van der Waals surface area contributed by atoms with Crippen LogP contribution in [0.2, 0.25) is 0 Å². The zero-order chi connectivity index (χ0) is 19.4. The lowest BCUT2D eigenvalue weighted by atomic mass is 10.1. The number of carboxylic acid groups (broad SMARTS) is 1. The van der Waals surface area contributed by atoms with Gasteiger partial charge in [0.15, 0.2) is 5.11 Å². The smallest absolute Gasteiger partial charge is 0.335 e. The highest BCUT2D eigenvalue weighted by molar-refractivity contribution is 7.80. The highest BCUT2D eigenvalue weighted by atomic mass is 32.1. The Balaban J connectivity index is 1.73. The van der Waals surface area contributed by atoms with E-state index in [4.69, 9.17) is 17.3 Å². The molecule has 0 aromatic heterocycles. The molecular formula is C20H17N3O3S. The number of fused-ring (bicyclic) bond motifs is 1. The van der Waals surface area contributed by atoms with Crippen LogP contribution in [0.3, 0.4) is 0 Å². The number of aromatic hydroxyl groups is 1. The average Bonchev–Trinajstić information content (AvgIpc) is 2.66. The van der Waals surface area contributed by atoms with Crippen LogP contribution >= 0.6 is 12.2 Å². The van der Waals surface area contributed by atoms with E-state index in [1.165, 1.54) is 18.2 Å². The molecule has 3 aromatic carbocycles. The molecule has 6 nitrogen and oxygen atoms in total. The molecule has 0 atom stereocenters. The van der Waals surface area contributed by atoms with E-state index < -0.39 is 5.97 Å². The molecule has 0 unspecified atom stereocenters. The Hall–Kier alpha value is -3.45. The molecule has 0 spiro atoms. The second-order valence-corrected chi connectivity index (χ2v) is 6.24. The predicted molar refractivity (Wildman–Crippen MR) is 111 cm³/mol. The van der Waals surface area contributed by atoms with Gasteiger partial charge in [-0.3, -0.25) is 5.43 Å². The number of anilines is 1. The Morgan fingerprint density at radius 1 is 1.07 bits per heavy atom. The van der Waals surface area contributed by atoms with Crippen molar-refractivity contribution in [2.24, 2.45) is 5.10 Å². The molecule has 0 aliphatic rings. The average molecular weight is 379 g/mol. The van der Waals surface area contributed by atoms with Crippen molar-refractivity contribution in [3.05, 3.63) is 71.8 Å². The van der Waals surface area contributed by atoms with Crippen LogP contribution in [0.5, 0.6) is 5.75 Å². The SMILES string of the molecule is CC(=NNC(=S)Nc1cccc2ccccc12)c1ccc(C(=O)O)cc1O. The first kappa shape index (κ1) is 18.3. The molecule has 0 saturated heterocycles. The molecule has 0 heterocycles. The summed E-state index contributed by atoms with van der Waals surface area (Å²) in [6, 6.07) is 17.9. The van der Waals surface area contributed by atoms with Crippen LogP contribution in [-0.4, -0.2) is 27.0 Å². The Morgan fingerprint density at radius 3 is 2.56 bits per heavy atom. The number of nitrogens with one attached hydrogen (secondary N) is 2. The minimum atomic E-state index is -1.11. The summed E-state index contributed by atoms with van der Waals surface area (Å²) in [6.07, 6.45) is 0. The third-order valence-corrected chi connectivity index (χ3v) is 4.19. The number of hydrogen-bond donors (Lipinski definition) is 4. The lowest BCUT2D eigenvalue weighted by Gasteiger charge is -2.11. The van der Waals surface area contributed by atoms with E-state index in [0.29, 0.717) is 16.4 Å². The summed E-state index contributed by atoms with van der Waals surface area (Å²) < 4.78 is 0. The van der Waals surface area contributed by atoms with Gasteiger partial charge in [0.2, 0.25) is 0 Å². The zero-order valence-corrected chi connectivity index (χ0v) is 15.2. The molecular weight excluding hydrogens is 362 g/mol. The van der Waals surface area contributed by atoms with Crippen LogP contribution in [0.1, 0.15) is 22.8 Å². The highest BCUT2D eigenvalue weighted by Crippen LogP contribution is 2.23. The normalized spacial score (nSPS) is 11.2. The maximum absolute atomic E-state index is 10.9. The maximum Gasteiger partial charge on any atom is 0.335 e. The number of aromatic carboxylic acids is 1. The predicted octanol–water partition coefficient (Wildman–Crippen LogP) is 3.95. The second-order valence-electron chi connectivity index (χ2n) is 5.83. The van der Waals surface area contributed by atoms with E-state index in [1.54, 1.807) is 6.92 Å². The van der Waals surface area contributed by atoms with Crippen molar-refractivity contribution in [3.8, 4) is 5.75 Å². The molecule has 0 bridgehead atoms. The number of phenolic OH excluding ortho intramolecular Hbond substituents is 1. The fraction of sp³-hybridized carbons (Fsp3) is 0.0500. The van der Waals surface area contributed by atoms with E-state index in [-0.39, 0.29) is 11.3 Å². The van der Waals surface area contributed by atoms with E-state index in [9.17, 15) is 9.90 Å². The summed E-state index contributed by atoms with van der Waals surface area (Å²) in [7, 11) is 0. The number of thiocarbonyl (C=S) groups is 1. The van der Waals surface area contributed by atoms with Crippen molar-refractivity contribution in [1.82, 2.24) is 5.43 Å². The first-order chi connectivity index (χ1) is 13.0. The Kier molecular flexibility index (Phi) is 5.33. The standard InChI is InChI=1S/C20H17N3O3S/c1-12(15-10-9-14(19(25)26)11-18(15)24)22-23-20(27)21-17-8-4-6-13-5-2-3-7-16(13)17/h2-11,24H,1H3,(H,25,26)(H2,21,23,27). The third kappa shape index (κ3) is 4.21. The lowest BCUT2D eigenvalue weighted by molar-refractivity contribution is 0.0696. The maximum atomic E-state index is 10.9. The fourth-order valence-electron chi connectivity index (χ4n) is 2.65. The molecule has 0 amide bonds. The zero-order valence-electron chi connectivity index (χ0n) is 14.4. The summed E-state index contributed by atoms with van der Waals surface area (Å²) >= 11 is 5.29. The van der Waals surface area contributed by atoms with Gasteiger partial charge in [-0.05, 0) is 48.8 Å². The summed E-state index contributed by atoms with van der Waals surface area (Å²) in [4.78, 5) is 10.9. The molecule has 3 aromatic rings. The van der Waals surface area contributed by atoms with Gasteiger partial charge in [0.05, 0.1) is 11.3 Å². The van der Waals surface area contributed by atoms with Gasteiger partial charge in [-0.25, -0.2) is 4.79 Å². The van der Waals surface area contributed by atoms with E-state index in [0.717, 1.165) is 16.5 Å². The summed E-state index contributed by atoms with van der Waals surface area (Å²) in [5.41, 5.74) is 4.48. The van der Waals surface area contributed by atoms with E-state index in [1.807, 2.05) is 42.5 Å². The van der Waals surface area contributed by atoms with E-state index >= 15 is 0 Å². The first-order valence-electron chi connectivity index (χ1n) is 8.11. The van der Waals surface area contributed by atoms with Crippen LogP contribution in [0.4, 0.5) is 5.69 Å². The molecule has 0 aliphatic carbocycles. The van der Waals surface area contributed by atoms with Crippen LogP contribution in [0, 0.1) is 0 Å². The number of hydrazone groups is 1. The number of rotatable bonds is 4. The van der Waals surface area contributed by atoms with Gasteiger partial charge < -0.3 is 15.5 Å². The third-order valence-electron chi connectivity index (χ3n) is 4.00. The van der Waals surface area contributed by atoms with Crippen molar-refractivity contribution in [3.63, 3.8) is 0 Å². The number of carboxylic acids is 1. The lowest BCUT2D eigenvalue weighted by Crippen LogP contribution is -2.25. The minimum absolute atomic E-state index is 0.00477. The molecule has 0 fully saturated rings. The van der Waals surface area contributed by atoms with Crippen molar-refractivity contribution < 1.29 is 15.0 Å². The van der Waals surface area contributed by atoms with Gasteiger partial charge in [0, 0.05) is 16.6 Å². The molecule has 0 saturated carbocycles. The number of hydrogen-bond acceptors (Lipinski definition) is 4. The molecule has 7 heteroatoms. The number of carbonyl (C=O) groups is 1. The summed E-state index contributed by atoms with van der Waals surface area (Å²) in [5, 5.41) is 28.6. The summed E-state index contributed by atoms with van der Waals surface area (Å²) in [6.45, 7) is 1.68. The van der Waals surface area contributed by atoms with Gasteiger partial charge in [-0.15, -0.1) is 0 Å². The summed E-state index contributed by atoms with van der Waals surface area (Å²) in [5.74, 6) is -1.27. The Bertz CT molecular complexity index is 1060. The molecule has 136 valence electrons. The largest absolute Gasteiger partial charge is 0.507 e. The number of benzene rings is 3. The van der Waals surface area contributed by atoms with Crippen molar-refractivity contribution in [2.45, 2.75) is 6.92 Å². The Morgan fingerprint density at radius 2 is 1.81 bits per heavy atom. The molecule has 27 heavy (non-hydrogen) atoms.